The highest BCUT2D eigenvalue weighted by molar-refractivity contribution is 6.92. The summed E-state index contributed by atoms with van der Waals surface area (Å²) in [6, 6.07) is 0. The first-order valence-electron chi connectivity index (χ1n) is 2.68. The highest BCUT2D eigenvalue weighted by Crippen LogP contribution is 2.11. The van der Waals surface area contributed by atoms with Gasteiger partial charge in [-0.3, -0.25) is 0 Å². The van der Waals surface area contributed by atoms with Crippen LogP contribution in [0.3, 0.4) is 0 Å². The molecule has 0 rings (SSSR count). The van der Waals surface area contributed by atoms with Gasteiger partial charge in [-0.2, -0.15) is 39.6 Å². The quantitative estimate of drug-likeness (QED) is 0.454. The first kappa shape index (κ1) is 29.3. The third kappa shape index (κ3) is 9.85. The summed E-state index contributed by atoms with van der Waals surface area (Å²) >= 11 is 0. The van der Waals surface area contributed by atoms with Crippen molar-refractivity contribution in [3.05, 3.63) is 0 Å². The highest BCUT2D eigenvalue weighted by atomic mass is 31.0. The van der Waals surface area contributed by atoms with E-state index in [4.69, 9.17) is 20.4 Å². The molecule has 8 heteroatoms. The standard InChI is InChI=1S/C5H12O4.4H3P/c6-1-5(2-7,3-8)4-9;;;;/h6-9H,1-4H2;4*1H3. The maximum atomic E-state index is 8.50. The van der Waals surface area contributed by atoms with E-state index in [-0.39, 0.29) is 39.6 Å². The predicted octanol–water partition coefficient (Wildman–Crippen LogP) is -1.83. The van der Waals surface area contributed by atoms with Gasteiger partial charge in [0.25, 0.3) is 0 Å². The molecular formula is C5H24O4P4. The maximum absolute atomic E-state index is 8.50. The summed E-state index contributed by atoms with van der Waals surface area (Å²) < 4.78 is 0. The van der Waals surface area contributed by atoms with Crippen molar-refractivity contribution in [2.24, 2.45) is 5.41 Å². The molecule has 0 spiro atoms. The monoisotopic (exact) mass is 272 g/mol. The van der Waals surface area contributed by atoms with Crippen LogP contribution in [0.15, 0.2) is 0 Å². The van der Waals surface area contributed by atoms with Gasteiger partial charge in [-0.05, 0) is 0 Å². The average molecular weight is 272 g/mol. The van der Waals surface area contributed by atoms with E-state index in [9.17, 15) is 0 Å². The molecule has 13 heavy (non-hydrogen) atoms. The van der Waals surface area contributed by atoms with Gasteiger partial charge >= 0.3 is 0 Å². The lowest BCUT2D eigenvalue weighted by atomic mass is 9.93. The molecule has 0 bridgehead atoms. The van der Waals surface area contributed by atoms with Gasteiger partial charge in [0, 0.05) is 0 Å². The van der Waals surface area contributed by atoms with E-state index in [1.165, 1.54) is 0 Å². The van der Waals surface area contributed by atoms with Crippen molar-refractivity contribution in [2.45, 2.75) is 0 Å². The van der Waals surface area contributed by atoms with Crippen LogP contribution in [0.4, 0.5) is 0 Å². The van der Waals surface area contributed by atoms with Crippen molar-refractivity contribution in [2.75, 3.05) is 26.4 Å². The number of hydrogen-bond acceptors (Lipinski definition) is 4. The second-order valence-corrected chi connectivity index (χ2v) is 2.13. The molecular weight excluding hydrogens is 248 g/mol. The zero-order valence-corrected chi connectivity index (χ0v) is 13.6. The smallest absolute Gasteiger partial charge is 0.0627 e. The van der Waals surface area contributed by atoms with Gasteiger partial charge in [0.15, 0.2) is 0 Å². The van der Waals surface area contributed by atoms with E-state index in [0.29, 0.717) is 0 Å². The Morgan fingerprint density at radius 2 is 0.692 bits per heavy atom. The second kappa shape index (κ2) is 16.0. The number of hydrogen-bond donors (Lipinski definition) is 4. The van der Waals surface area contributed by atoms with Crippen molar-refractivity contribution >= 4 is 39.6 Å². The summed E-state index contributed by atoms with van der Waals surface area (Å²) in [5.74, 6) is 0. The van der Waals surface area contributed by atoms with Gasteiger partial charge in [-0.15, -0.1) is 0 Å². The molecule has 4 atom stereocenters. The fourth-order valence-corrected chi connectivity index (χ4v) is 0.300. The Kier molecular flexibility index (Phi) is 36.1. The fourth-order valence-electron chi connectivity index (χ4n) is 0.300. The molecule has 4 N–H and O–H groups in total. The van der Waals surface area contributed by atoms with Crippen LogP contribution < -0.4 is 0 Å². The highest BCUT2D eigenvalue weighted by Gasteiger charge is 2.26. The molecule has 0 radical (unpaired) electrons. The lowest BCUT2D eigenvalue weighted by Crippen LogP contribution is -2.37. The van der Waals surface area contributed by atoms with Crippen LogP contribution in [0, 0.1) is 5.41 Å². The Balaban J connectivity index is -0.0000000533. The molecule has 4 unspecified atom stereocenters. The molecule has 0 aliphatic carbocycles. The number of aliphatic hydroxyl groups is 4. The molecule has 88 valence electrons. The van der Waals surface area contributed by atoms with Crippen LogP contribution in [0.5, 0.6) is 0 Å². The topological polar surface area (TPSA) is 80.9 Å². The fraction of sp³-hybridized carbons (Fsp3) is 1.00. The number of rotatable bonds is 4. The van der Waals surface area contributed by atoms with Crippen molar-refractivity contribution in [1.29, 1.82) is 0 Å². The molecule has 0 heterocycles. The maximum Gasteiger partial charge on any atom is 0.0627 e. The zero-order valence-electron chi connectivity index (χ0n) is 7.95. The van der Waals surface area contributed by atoms with Crippen LogP contribution in [0.25, 0.3) is 0 Å². The van der Waals surface area contributed by atoms with Gasteiger partial charge < -0.3 is 20.4 Å². The lowest BCUT2D eigenvalue weighted by molar-refractivity contribution is -0.0328. The Labute approximate surface area is 92.4 Å². The third-order valence-corrected chi connectivity index (χ3v) is 1.34. The average Bonchev–Trinajstić information content (AvgIpc) is 1.95. The number of aliphatic hydroxyl groups excluding tert-OH is 4. The molecule has 0 amide bonds. The van der Waals surface area contributed by atoms with E-state index >= 15 is 0 Å². The molecule has 4 nitrogen and oxygen atoms in total. The third-order valence-electron chi connectivity index (χ3n) is 1.34. The Morgan fingerprint density at radius 3 is 0.692 bits per heavy atom. The Morgan fingerprint density at radius 1 is 0.538 bits per heavy atom. The van der Waals surface area contributed by atoms with Gasteiger partial charge in [-0.25, -0.2) is 0 Å². The first-order valence-corrected chi connectivity index (χ1v) is 2.68. The van der Waals surface area contributed by atoms with Crippen molar-refractivity contribution in [1.82, 2.24) is 0 Å². The van der Waals surface area contributed by atoms with Crippen LogP contribution in [0.1, 0.15) is 0 Å². The van der Waals surface area contributed by atoms with Crippen LogP contribution in [-0.2, 0) is 0 Å². The molecule has 0 aliphatic heterocycles. The minimum Gasteiger partial charge on any atom is -0.396 e. The summed E-state index contributed by atoms with van der Waals surface area (Å²) in [7, 11) is 0. The molecule has 0 saturated heterocycles. The summed E-state index contributed by atoms with van der Waals surface area (Å²) in [5.41, 5.74) is -1.11. The largest absolute Gasteiger partial charge is 0.396 e. The van der Waals surface area contributed by atoms with Crippen LogP contribution >= 0.6 is 39.6 Å². The Hall–Kier alpha value is 1.56. The molecule has 0 aliphatic rings. The zero-order chi connectivity index (χ0) is 7.33. The minimum absolute atomic E-state index is 0. The van der Waals surface area contributed by atoms with Gasteiger partial charge in [-0.1, -0.05) is 0 Å². The lowest BCUT2D eigenvalue weighted by Gasteiger charge is -2.23. The second-order valence-electron chi connectivity index (χ2n) is 2.13. The van der Waals surface area contributed by atoms with Gasteiger partial charge in [0.05, 0.1) is 31.8 Å². The van der Waals surface area contributed by atoms with Crippen molar-refractivity contribution < 1.29 is 20.4 Å². The van der Waals surface area contributed by atoms with Crippen molar-refractivity contribution in [3.63, 3.8) is 0 Å². The van der Waals surface area contributed by atoms with Gasteiger partial charge in [0.1, 0.15) is 0 Å². The normalized spacial score (nSPS) is 8.31. The van der Waals surface area contributed by atoms with E-state index < -0.39 is 31.8 Å². The first-order chi connectivity index (χ1) is 4.24. The summed E-state index contributed by atoms with van der Waals surface area (Å²) in [6.07, 6.45) is 0. The van der Waals surface area contributed by atoms with E-state index in [1.807, 2.05) is 0 Å². The van der Waals surface area contributed by atoms with E-state index in [0.717, 1.165) is 0 Å². The van der Waals surface area contributed by atoms with Crippen LogP contribution in [-0.4, -0.2) is 46.9 Å². The van der Waals surface area contributed by atoms with E-state index in [2.05, 4.69) is 0 Å². The summed E-state index contributed by atoms with van der Waals surface area (Å²) in [5, 5.41) is 34.0. The molecule has 0 aromatic heterocycles. The van der Waals surface area contributed by atoms with E-state index in [1.54, 1.807) is 0 Å². The molecule has 0 saturated carbocycles. The summed E-state index contributed by atoms with van der Waals surface area (Å²) in [6.45, 7) is -1.62. The SMILES string of the molecule is OCC(CO)(CO)CO.P.P.P.P. The van der Waals surface area contributed by atoms with Crippen LogP contribution in [0.2, 0.25) is 0 Å². The molecule has 0 fully saturated rings. The predicted molar refractivity (Wildman–Crippen MR) is 75.2 cm³/mol. The summed E-state index contributed by atoms with van der Waals surface area (Å²) in [4.78, 5) is 0. The minimum atomic E-state index is -1.11. The Bertz CT molecular complexity index is 63.4. The molecule has 0 aromatic rings. The van der Waals surface area contributed by atoms with Crippen molar-refractivity contribution in [3.8, 4) is 0 Å². The molecule has 0 aromatic carbocycles. The van der Waals surface area contributed by atoms with Gasteiger partial charge in [0.2, 0.25) is 0 Å².